The van der Waals surface area contributed by atoms with Crippen molar-refractivity contribution < 1.29 is 13.8 Å². The molecule has 0 aromatic carbocycles. The average Bonchev–Trinajstić information content (AvgIpc) is 3.19. The zero-order valence-electron chi connectivity index (χ0n) is 11.2. The molecule has 0 aliphatic rings. The lowest BCUT2D eigenvalue weighted by Crippen LogP contribution is -2.22. The topological polar surface area (TPSA) is 94.1 Å². The molecule has 1 N–H and O–H groups in total. The number of nitrogens with zero attached hydrogens (tertiary/aromatic N) is 3. The van der Waals surface area contributed by atoms with Gasteiger partial charge in [0, 0.05) is 17.4 Å². The predicted octanol–water partition coefficient (Wildman–Crippen LogP) is 1.95. The second-order valence-electron chi connectivity index (χ2n) is 4.38. The normalized spacial score (nSPS) is 10.7. The second-order valence-corrected chi connectivity index (χ2v) is 5.41. The third-order valence-corrected chi connectivity index (χ3v) is 3.55. The van der Waals surface area contributed by atoms with Crippen LogP contribution in [-0.2, 0) is 13.0 Å². The molecule has 0 radical (unpaired) electrons. The SMILES string of the molecule is Cc1cc(C(=O)NCc2nc(Cc3cccs3)no2)on1. The molecule has 0 unspecified atom stereocenters. The van der Waals surface area contributed by atoms with Gasteiger partial charge in [0.25, 0.3) is 5.91 Å². The van der Waals surface area contributed by atoms with Gasteiger partial charge in [-0.3, -0.25) is 4.79 Å². The van der Waals surface area contributed by atoms with Gasteiger partial charge in [-0.25, -0.2) is 0 Å². The van der Waals surface area contributed by atoms with Crippen LogP contribution in [0.3, 0.4) is 0 Å². The highest BCUT2D eigenvalue weighted by Crippen LogP contribution is 2.12. The highest BCUT2D eigenvalue weighted by atomic mass is 32.1. The summed E-state index contributed by atoms with van der Waals surface area (Å²) in [4.78, 5) is 17.1. The summed E-state index contributed by atoms with van der Waals surface area (Å²) in [5, 5.41) is 12.2. The molecule has 3 rings (SSSR count). The maximum absolute atomic E-state index is 11.8. The van der Waals surface area contributed by atoms with E-state index in [4.69, 9.17) is 9.05 Å². The number of carbonyl (C=O) groups excluding carboxylic acids is 1. The van der Waals surface area contributed by atoms with Crippen LogP contribution in [-0.4, -0.2) is 21.2 Å². The Bertz CT molecular complexity index is 732. The quantitative estimate of drug-likeness (QED) is 0.774. The van der Waals surface area contributed by atoms with Crippen molar-refractivity contribution in [2.45, 2.75) is 19.9 Å². The zero-order valence-corrected chi connectivity index (χ0v) is 12.0. The van der Waals surface area contributed by atoms with E-state index in [0.717, 1.165) is 4.88 Å². The van der Waals surface area contributed by atoms with Crippen molar-refractivity contribution in [3.8, 4) is 0 Å². The van der Waals surface area contributed by atoms with Crippen molar-refractivity contribution in [1.29, 1.82) is 0 Å². The lowest BCUT2D eigenvalue weighted by atomic mass is 10.3. The summed E-state index contributed by atoms with van der Waals surface area (Å²) in [6, 6.07) is 5.54. The summed E-state index contributed by atoms with van der Waals surface area (Å²) >= 11 is 1.63. The Kier molecular flexibility index (Phi) is 3.78. The molecule has 1 amide bonds. The van der Waals surface area contributed by atoms with Gasteiger partial charge in [-0.2, -0.15) is 4.98 Å². The van der Waals surface area contributed by atoms with E-state index in [0.29, 0.717) is 23.8 Å². The highest BCUT2D eigenvalue weighted by molar-refractivity contribution is 7.09. The van der Waals surface area contributed by atoms with Gasteiger partial charge in [-0.1, -0.05) is 16.4 Å². The van der Waals surface area contributed by atoms with Gasteiger partial charge in [0.05, 0.1) is 12.2 Å². The average molecular weight is 304 g/mol. The summed E-state index contributed by atoms with van der Waals surface area (Å²) in [7, 11) is 0. The monoisotopic (exact) mass is 304 g/mol. The van der Waals surface area contributed by atoms with Crippen LogP contribution in [0.25, 0.3) is 0 Å². The van der Waals surface area contributed by atoms with Crippen LogP contribution >= 0.6 is 11.3 Å². The van der Waals surface area contributed by atoms with Gasteiger partial charge in [0.15, 0.2) is 5.82 Å². The van der Waals surface area contributed by atoms with E-state index in [1.165, 1.54) is 0 Å². The van der Waals surface area contributed by atoms with Crippen molar-refractivity contribution in [2.75, 3.05) is 0 Å². The van der Waals surface area contributed by atoms with E-state index >= 15 is 0 Å². The van der Waals surface area contributed by atoms with Crippen LogP contribution < -0.4 is 5.32 Å². The van der Waals surface area contributed by atoms with Gasteiger partial charge in [0.1, 0.15) is 0 Å². The van der Waals surface area contributed by atoms with Gasteiger partial charge in [0.2, 0.25) is 11.7 Å². The molecular weight excluding hydrogens is 292 g/mol. The summed E-state index contributed by atoms with van der Waals surface area (Å²) in [5.74, 6) is 0.739. The molecule has 7 nitrogen and oxygen atoms in total. The molecule has 3 heterocycles. The number of rotatable bonds is 5. The molecular formula is C13H12N4O3S. The number of carbonyl (C=O) groups is 1. The fourth-order valence-electron chi connectivity index (χ4n) is 1.72. The summed E-state index contributed by atoms with van der Waals surface area (Å²) in [6.45, 7) is 1.89. The number of hydrogen-bond acceptors (Lipinski definition) is 7. The van der Waals surface area contributed by atoms with Gasteiger partial charge in [-0.15, -0.1) is 11.3 Å². The number of aromatic nitrogens is 3. The molecule has 21 heavy (non-hydrogen) atoms. The standard InChI is InChI=1S/C13H12N4O3S/c1-8-5-10(19-16-8)13(18)14-7-12-15-11(17-20-12)6-9-3-2-4-21-9/h2-5H,6-7H2,1H3,(H,14,18). The molecule has 0 aliphatic carbocycles. The Morgan fingerprint density at radius 1 is 1.38 bits per heavy atom. The van der Waals surface area contributed by atoms with Crippen LogP contribution in [0.2, 0.25) is 0 Å². The Labute approximate surface area is 124 Å². The van der Waals surface area contributed by atoms with Gasteiger partial charge < -0.3 is 14.4 Å². The first kappa shape index (κ1) is 13.5. The minimum atomic E-state index is -0.367. The minimum Gasteiger partial charge on any atom is -0.351 e. The van der Waals surface area contributed by atoms with Gasteiger partial charge in [-0.05, 0) is 18.4 Å². The van der Waals surface area contributed by atoms with Crippen molar-refractivity contribution in [3.63, 3.8) is 0 Å². The molecule has 0 atom stereocenters. The summed E-state index contributed by atoms with van der Waals surface area (Å²) in [6.07, 6.45) is 0.621. The van der Waals surface area contributed by atoms with Crippen LogP contribution in [0.15, 0.2) is 32.6 Å². The van der Waals surface area contributed by atoms with E-state index in [1.807, 2.05) is 17.5 Å². The first-order chi connectivity index (χ1) is 10.2. The third kappa shape index (κ3) is 3.34. The molecule has 0 saturated heterocycles. The minimum absolute atomic E-state index is 0.149. The lowest BCUT2D eigenvalue weighted by Gasteiger charge is -1.96. The van der Waals surface area contributed by atoms with E-state index in [9.17, 15) is 4.79 Å². The second kappa shape index (κ2) is 5.88. The van der Waals surface area contributed by atoms with Crippen LogP contribution in [0.1, 0.15) is 32.8 Å². The molecule has 3 aromatic heterocycles. The molecule has 108 valence electrons. The molecule has 0 bridgehead atoms. The van der Waals surface area contributed by atoms with Crippen LogP contribution in [0.5, 0.6) is 0 Å². The number of nitrogens with one attached hydrogen (secondary N) is 1. The largest absolute Gasteiger partial charge is 0.351 e. The van der Waals surface area contributed by atoms with Crippen molar-refractivity contribution in [2.24, 2.45) is 0 Å². The predicted molar refractivity (Wildman–Crippen MR) is 73.8 cm³/mol. The molecule has 0 spiro atoms. The molecule has 3 aromatic rings. The summed E-state index contributed by atoms with van der Waals surface area (Å²) in [5.41, 5.74) is 0.649. The number of hydrogen-bond donors (Lipinski definition) is 1. The Morgan fingerprint density at radius 3 is 3.00 bits per heavy atom. The van der Waals surface area contributed by atoms with Crippen molar-refractivity contribution in [3.05, 3.63) is 51.6 Å². The smallest absolute Gasteiger partial charge is 0.290 e. The maximum atomic E-state index is 11.8. The third-order valence-electron chi connectivity index (χ3n) is 2.67. The van der Waals surface area contributed by atoms with E-state index in [1.54, 1.807) is 24.3 Å². The number of thiophene rings is 1. The summed E-state index contributed by atoms with van der Waals surface area (Å²) < 4.78 is 9.95. The molecule has 0 aliphatic heterocycles. The molecule has 0 saturated carbocycles. The zero-order chi connectivity index (χ0) is 14.7. The Balaban J connectivity index is 1.56. The first-order valence-electron chi connectivity index (χ1n) is 6.26. The van der Waals surface area contributed by atoms with E-state index in [2.05, 4.69) is 20.6 Å². The van der Waals surface area contributed by atoms with Crippen molar-refractivity contribution in [1.82, 2.24) is 20.6 Å². The fourth-order valence-corrected chi connectivity index (χ4v) is 2.42. The van der Waals surface area contributed by atoms with E-state index < -0.39 is 0 Å². The Hall–Kier alpha value is -2.48. The number of aryl methyl sites for hydroxylation is 1. The fraction of sp³-hybridized carbons (Fsp3) is 0.231. The molecule has 8 heteroatoms. The first-order valence-corrected chi connectivity index (χ1v) is 7.14. The van der Waals surface area contributed by atoms with Crippen LogP contribution in [0, 0.1) is 6.92 Å². The maximum Gasteiger partial charge on any atom is 0.290 e. The highest BCUT2D eigenvalue weighted by Gasteiger charge is 2.13. The van der Waals surface area contributed by atoms with Gasteiger partial charge >= 0.3 is 0 Å². The lowest BCUT2D eigenvalue weighted by molar-refractivity contribution is 0.0909. The number of amides is 1. The van der Waals surface area contributed by atoms with E-state index in [-0.39, 0.29) is 18.2 Å². The van der Waals surface area contributed by atoms with Crippen molar-refractivity contribution >= 4 is 17.2 Å². The van der Waals surface area contributed by atoms with Crippen LogP contribution in [0.4, 0.5) is 0 Å². The Morgan fingerprint density at radius 2 is 2.29 bits per heavy atom. The molecule has 0 fully saturated rings.